The van der Waals surface area contributed by atoms with Crippen molar-refractivity contribution in [2.24, 2.45) is 0 Å². The topological polar surface area (TPSA) is 77.1 Å². The molecule has 1 aliphatic heterocycles. The van der Waals surface area contributed by atoms with Crippen molar-refractivity contribution in [3.8, 4) is 17.2 Å². The molecule has 32 heavy (non-hydrogen) atoms. The molecule has 0 spiro atoms. The van der Waals surface area contributed by atoms with Gasteiger partial charge in [-0.3, -0.25) is 9.59 Å². The highest BCUT2D eigenvalue weighted by Gasteiger charge is 2.41. The second kappa shape index (κ2) is 8.85. The van der Waals surface area contributed by atoms with Gasteiger partial charge in [0.2, 0.25) is 0 Å². The molecule has 162 valence electrons. The lowest BCUT2D eigenvalue weighted by Gasteiger charge is -2.15. The van der Waals surface area contributed by atoms with Gasteiger partial charge in [-0.25, -0.2) is 4.90 Å². The Hall–Kier alpha value is -4.26. The Morgan fingerprint density at radius 3 is 1.97 bits per heavy atom. The first-order valence-corrected chi connectivity index (χ1v) is 9.89. The van der Waals surface area contributed by atoms with E-state index in [0.29, 0.717) is 34.2 Å². The summed E-state index contributed by atoms with van der Waals surface area (Å²) in [6, 6.07) is 21.1. The average molecular weight is 430 g/mol. The second-order valence-corrected chi connectivity index (χ2v) is 6.96. The maximum Gasteiger partial charge on any atom is 0.282 e. The Labute approximate surface area is 185 Å². The maximum atomic E-state index is 13.5. The van der Waals surface area contributed by atoms with Crippen LogP contribution in [0.1, 0.15) is 5.56 Å². The summed E-state index contributed by atoms with van der Waals surface area (Å²) in [5, 5.41) is 3.12. The monoisotopic (exact) mass is 430 g/mol. The lowest BCUT2D eigenvalue weighted by atomic mass is 10.0. The third-order valence-electron chi connectivity index (χ3n) is 5.10. The number of imide groups is 1. The van der Waals surface area contributed by atoms with Crippen LogP contribution < -0.4 is 24.4 Å². The predicted molar refractivity (Wildman–Crippen MR) is 122 cm³/mol. The van der Waals surface area contributed by atoms with Gasteiger partial charge in [0.15, 0.2) is 0 Å². The zero-order valence-electron chi connectivity index (χ0n) is 17.9. The molecule has 2 amide bonds. The molecule has 7 heteroatoms. The number of para-hydroxylation sites is 2. The molecule has 0 saturated heterocycles. The smallest absolute Gasteiger partial charge is 0.282 e. The van der Waals surface area contributed by atoms with E-state index in [1.807, 2.05) is 6.07 Å². The molecule has 7 nitrogen and oxygen atoms in total. The third-order valence-corrected chi connectivity index (χ3v) is 5.10. The van der Waals surface area contributed by atoms with E-state index in [4.69, 9.17) is 14.2 Å². The first-order valence-electron chi connectivity index (χ1n) is 9.89. The Balaban J connectivity index is 1.87. The molecule has 0 fully saturated rings. The van der Waals surface area contributed by atoms with Gasteiger partial charge in [-0.1, -0.05) is 36.4 Å². The molecule has 0 atom stereocenters. The molecule has 1 heterocycles. The number of carbonyl (C=O) groups excluding carboxylic acids is 2. The van der Waals surface area contributed by atoms with Gasteiger partial charge in [-0.15, -0.1) is 0 Å². The lowest BCUT2D eigenvalue weighted by Crippen LogP contribution is -2.32. The van der Waals surface area contributed by atoms with E-state index < -0.39 is 11.8 Å². The van der Waals surface area contributed by atoms with Gasteiger partial charge in [0.05, 0.1) is 32.6 Å². The van der Waals surface area contributed by atoms with Crippen LogP contribution in [0.3, 0.4) is 0 Å². The Morgan fingerprint density at radius 1 is 0.719 bits per heavy atom. The molecular formula is C25H22N2O5. The van der Waals surface area contributed by atoms with Gasteiger partial charge < -0.3 is 19.5 Å². The Morgan fingerprint density at radius 2 is 1.34 bits per heavy atom. The van der Waals surface area contributed by atoms with Gasteiger partial charge in [-0.2, -0.15) is 0 Å². The van der Waals surface area contributed by atoms with Crippen molar-refractivity contribution in [2.45, 2.75) is 0 Å². The molecular weight excluding hydrogens is 408 g/mol. The van der Waals surface area contributed by atoms with E-state index >= 15 is 0 Å². The van der Waals surface area contributed by atoms with E-state index in [0.717, 1.165) is 4.90 Å². The normalized spacial score (nSPS) is 13.4. The number of hydrogen-bond acceptors (Lipinski definition) is 6. The molecule has 0 unspecified atom stereocenters. The first-order chi connectivity index (χ1) is 15.6. The van der Waals surface area contributed by atoms with E-state index in [-0.39, 0.29) is 11.3 Å². The summed E-state index contributed by atoms with van der Waals surface area (Å²) in [4.78, 5) is 28.2. The van der Waals surface area contributed by atoms with Gasteiger partial charge >= 0.3 is 0 Å². The van der Waals surface area contributed by atoms with Crippen LogP contribution >= 0.6 is 0 Å². The summed E-state index contributed by atoms with van der Waals surface area (Å²) in [6.45, 7) is 0. The van der Waals surface area contributed by atoms with E-state index in [1.165, 1.54) is 7.11 Å². The number of rotatable bonds is 7. The van der Waals surface area contributed by atoms with Gasteiger partial charge in [-0.05, 0) is 18.2 Å². The second-order valence-electron chi connectivity index (χ2n) is 6.96. The lowest BCUT2D eigenvalue weighted by molar-refractivity contribution is -0.120. The summed E-state index contributed by atoms with van der Waals surface area (Å²) in [6.07, 6.45) is 0. The summed E-state index contributed by atoms with van der Waals surface area (Å²) in [7, 11) is 4.61. The van der Waals surface area contributed by atoms with Crippen LogP contribution in [0, 0.1) is 0 Å². The van der Waals surface area contributed by atoms with Crippen LogP contribution in [0.4, 0.5) is 11.4 Å². The Bertz CT molecular complexity index is 1180. The van der Waals surface area contributed by atoms with Gasteiger partial charge in [0.25, 0.3) is 11.8 Å². The standard InChI is InChI=1S/C25H22N2O5/c1-30-18-13-16(14-19(15-18)31-2)26-23-22(20-11-7-8-12-21(20)32-3)24(28)27(25(23)29)17-9-5-4-6-10-17/h4-15,26H,1-3H3. The molecule has 4 rings (SSSR count). The average Bonchev–Trinajstić information content (AvgIpc) is 3.08. The van der Waals surface area contributed by atoms with Crippen molar-refractivity contribution in [3.05, 3.63) is 84.1 Å². The number of hydrogen-bond donors (Lipinski definition) is 1. The predicted octanol–water partition coefficient (Wildman–Crippen LogP) is 4.11. The Kier molecular flexibility index (Phi) is 5.81. The molecule has 0 saturated carbocycles. The number of nitrogens with zero attached hydrogens (tertiary/aromatic N) is 1. The van der Waals surface area contributed by atoms with Crippen molar-refractivity contribution >= 4 is 28.8 Å². The number of carbonyl (C=O) groups is 2. The number of amides is 2. The minimum Gasteiger partial charge on any atom is -0.497 e. The summed E-state index contributed by atoms with van der Waals surface area (Å²) in [5.41, 5.74) is 1.90. The van der Waals surface area contributed by atoms with Crippen LogP contribution in [0.2, 0.25) is 0 Å². The van der Waals surface area contributed by atoms with E-state index in [2.05, 4.69) is 5.32 Å². The van der Waals surface area contributed by atoms with E-state index in [9.17, 15) is 9.59 Å². The fraction of sp³-hybridized carbons (Fsp3) is 0.120. The summed E-state index contributed by atoms with van der Waals surface area (Å²) < 4.78 is 16.1. The molecule has 1 N–H and O–H groups in total. The highest BCUT2D eigenvalue weighted by molar-refractivity contribution is 6.46. The number of methoxy groups -OCH3 is 3. The summed E-state index contributed by atoms with van der Waals surface area (Å²) in [5.74, 6) is 0.666. The largest absolute Gasteiger partial charge is 0.497 e. The van der Waals surface area contributed by atoms with Crippen molar-refractivity contribution in [3.63, 3.8) is 0 Å². The van der Waals surface area contributed by atoms with Crippen LogP contribution in [0.25, 0.3) is 5.57 Å². The summed E-state index contributed by atoms with van der Waals surface area (Å²) >= 11 is 0. The van der Waals surface area contributed by atoms with Crippen molar-refractivity contribution in [1.29, 1.82) is 0 Å². The fourth-order valence-electron chi connectivity index (χ4n) is 3.58. The van der Waals surface area contributed by atoms with Crippen LogP contribution in [0.15, 0.2) is 78.5 Å². The number of anilines is 2. The fourth-order valence-corrected chi connectivity index (χ4v) is 3.58. The zero-order valence-corrected chi connectivity index (χ0v) is 17.9. The minimum atomic E-state index is -0.469. The highest BCUT2D eigenvalue weighted by Crippen LogP contribution is 2.38. The minimum absolute atomic E-state index is 0.138. The molecule has 3 aromatic carbocycles. The zero-order chi connectivity index (χ0) is 22.7. The van der Waals surface area contributed by atoms with Crippen molar-refractivity contribution < 1.29 is 23.8 Å². The highest BCUT2D eigenvalue weighted by atomic mass is 16.5. The molecule has 3 aromatic rings. The molecule has 1 aliphatic rings. The van der Waals surface area contributed by atoms with Gasteiger partial charge in [0.1, 0.15) is 22.9 Å². The van der Waals surface area contributed by atoms with Crippen LogP contribution in [-0.4, -0.2) is 33.1 Å². The number of nitrogens with one attached hydrogen (secondary N) is 1. The number of ether oxygens (including phenoxy) is 3. The number of benzene rings is 3. The molecule has 0 aliphatic carbocycles. The first kappa shape index (κ1) is 21.0. The van der Waals surface area contributed by atoms with Gasteiger partial charge in [0, 0.05) is 29.4 Å². The van der Waals surface area contributed by atoms with Crippen molar-refractivity contribution in [1.82, 2.24) is 0 Å². The molecule has 0 aromatic heterocycles. The molecule has 0 radical (unpaired) electrons. The third kappa shape index (κ3) is 3.76. The van der Waals surface area contributed by atoms with E-state index in [1.54, 1.807) is 80.9 Å². The van der Waals surface area contributed by atoms with Crippen molar-refractivity contribution in [2.75, 3.05) is 31.5 Å². The maximum absolute atomic E-state index is 13.5. The SMILES string of the molecule is COc1cc(NC2=C(c3ccccc3OC)C(=O)N(c3ccccc3)C2=O)cc(OC)c1. The van der Waals surface area contributed by atoms with Crippen LogP contribution in [-0.2, 0) is 9.59 Å². The molecule has 0 bridgehead atoms. The quantitative estimate of drug-likeness (QED) is 0.569. The van der Waals surface area contributed by atoms with Crippen LogP contribution in [0.5, 0.6) is 17.2 Å².